The smallest absolute Gasteiger partial charge is 0.303 e. The van der Waals surface area contributed by atoms with Gasteiger partial charge in [0.25, 0.3) is 0 Å². The normalized spacial score (nSPS) is 15.0. The topological polar surface area (TPSA) is 442 Å². The van der Waals surface area contributed by atoms with E-state index in [1.165, 1.54) is 100 Å². The SMILES string of the molecule is CCCCCC/C=C/CCC[C@](C)(NC(=O)[C@@H](CCC(=O)[C@H](Cc1c[nH]c2ccccc12)NC(=O)C(Cc1ccc(O)cc1)NC(=O)[C@H](CCC(=O)O)NC(=O)C(C)(C)CC(C)=O)CC(C)C)C(=O)NC(C)C(=O)N[C@@H](C)C(=O)C(=O)[C@H](C)NNC(C)(C)C(=O)N[C@@H](C)C(=O)N[C@H](C)C(N)=O. The Balaban J connectivity index is 1.93. The molecular formula is C73H110N12O16. The van der Waals surface area contributed by atoms with Gasteiger partial charge in [-0.1, -0.05) is 96.4 Å². The number of nitrogens with two attached hydrogens (primary N) is 1. The number of aliphatic carboxylic acids is 1. The summed E-state index contributed by atoms with van der Waals surface area (Å²) >= 11 is 0. The number of unbranched alkanes of at least 4 members (excludes halogenated alkanes) is 5. The maximum absolute atomic E-state index is 15.0. The number of carboxylic acids is 1. The Labute approximate surface area is 592 Å². The largest absolute Gasteiger partial charge is 0.508 e. The fourth-order valence-electron chi connectivity index (χ4n) is 11.0. The molecular weight excluding hydrogens is 1300 g/mol. The molecule has 1 heterocycles. The van der Waals surface area contributed by atoms with Crippen molar-refractivity contribution in [1.29, 1.82) is 0 Å². The lowest BCUT2D eigenvalue weighted by molar-refractivity contribution is -0.140. The number of allylic oxidation sites excluding steroid dienone is 2. The van der Waals surface area contributed by atoms with Gasteiger partial charge < -0.3 is 63.5 Å². The van der Waals surface area contributed by atoms with E-state index < -0.39 is 160 Å². The van der Waals surface area contributed by atoms with Crippen molar-refractivity contribution in [2.24, 2.45) is 23.0 Å². The number of fused-ring (bicyclic) bond motifs is 1. The van der Waals surface area contributed by atoms with Gasteiger partial charge in [0, 0.05) is 55.1 Å². The molecule has 3 rings (SSSR count). The number of aromatic amines is 1. The van der Waals surface area contributed by atoms with Gasteiger partial charge >= 0.3 is 5.97 Å². The molecule has 0 spiro atoms. The average Bonchev–Trinajstić information content (AvgIpc) is 1.76. The Morgan fingerprint density at radius 1 is 0.574 bits per heavy atom. The number of hydrazine groups is 1. The molecule has 2 unspecified atom stereocenters. The summed E-state index contributed by atoms with van der Waals surface area (Å²) in [6.45, 7) is 21.3. The van der Waals surface area contributed by atoms with Gasteiger partial charge in [0.2, 0.25) is 64.7 Å². The maximum Gasteiger partial charge on any atom is 0.303 e. The molecule has 0 saturated carbocycles. The Morgan fingerprint density at radius 2 is 1.15 bits per heavy atom. The first-order valence-electron chi connectivity index (χ1n) is 34.8. The quantitative estimate of drug-likeness (QED) is 0.0160. The second-order valence-corrected chi connectivity index (χ2v) is 28.2. The van der Waals surface area contributed by atoms with E-state index >= 15 is 0 Å². The first-order chi connectivity index (χ1) is 47.2. The molecule has 101 heavy (non-hydrogen) atoms. The number of para-hydroxylation sites is 1. The summed E-state index contributed by atoms with van der Waals surface area (Å²) in [4.78, 5) is 192. The van der Waals surface area contributed by atoms with Crippen molar-refractivity contribution < 1.29 is 77.3 Å². The summed E-state index contributed by atoms with van der Waals surface area (Å²) in [5.41, 5.74) is 7.91. The van der Waals surface area contributed by atoms with Gasteiger partial charge in [0.15, 0.2) is 5.78 Å². The molecule has 0 radical (unpaired) electrons. The molecule has 3 aromatic rings. The van der Waals surface area contributed by atoms with Crippen LogP contribution >= 0.6 is 0 Å². The van der Waals surface area contributed by atoms with E-state index in [2.05, 4.69) is 71.4 Å². The maximum atomic E-state index is 15.0. The average molecular weight is 1410 g/mol. The minimum Gasteiger partial charge on any atom is -0.508 e. The molecule has 9 amide bonds. The van der Waals surface area contributed by atoms with Gasteiger partial charge in [-0.25, -0.2) is 10.9 Å². The molecule has 0 aliphatic heterocycles. The molecule has 1 aromatic heterocycles. The number of hydrogen-bond acceptors (Lipinski definition) is 17. The molecule has 0 aliphatic rings. The zero-order valence-electron chi connectivity index (χ0n) is 61.1. The van der Waals surface area contributed by atoms with Crippen molar-refractivity contribution in [3.8, 4) is 5.75 Å². The number of rotatable bonds is 47. The minimum atomic E-state index is -1.67. The predicted octanol–water partition coefficient (Wildman–Crippen LogP) is 4.47. The number of carboxylic acid groups (broad SMARTS) is 1. The third-order valence-corrected chi connectivity index (χ3v) is 17.4. The highest BCUT2D eigenvalue weighted by Crippen LogP contribution is 2.26. The van der Waals surface area contributed by atoms with Crippen molar-refractivity contribution in [3.05, 3.63) is 78.0 Å². The van der Waals surface area contributed by atoms with E-state index in [0.29, 0.717) is 24.0 Å². The fraction of sp³-hybridized carbons (Fsp3) is 0.589. The van der Waals surface area contributed by atoms with Crippen molar-refractivity contribution in [2.45, 2.75) is 259 Å². The highest BCUT2D eigenvalue weighted by molar-refractivity contribution is 6.41. The summed E-state index contributed by atoms with van der Waals surface area (Å²) in [5.74, 6) is -12.0. The zero-order valence-corrected chi connectivity index (χ0v) is 61.1. The monoisotopic (exact) mass is 1410 g/mol. The molecule has 0 saturated heterocycles. The summed E-state index contributed by atoms with van der Waals surface area (Å²) < 4.78 is 0. The zero-order chi connectivity index (χ0) is 76.1. The lowest BCUT2D eigenvalue weighted by Crippen LogP contribution is -2.63. The number of carbonyl (C=O) groups is 14. The van der Waals surface area contributed by atoms with Gasteiger partial charge in [-0.15, -0.1) is 0 Å². The molecule has 2 aromatic carbocycles. The summed E-state index contributed by atoms with van der Waals surface area (Å²) in [6, 6.07) is 2.73. The van der Waals surface area contributed by atoms with E-state index in [1.807, 2.05) is 38.1 Å². The van der Waals surface area contributed by atoms with Crippen LogP contribution in [0, 0.1) is 17.3 Å². The number of ketones is 4. The number of benzene rings is 2. The first-order valence-corrected chi connectivity index (χ1v) is 34.8. The fourth-order valence-corrected chi connectivity index (χ4v) is 11.0. The third kappa shape index (κ3) is 29.1. The van der Waals surface area contributed by atoms with E-state index in [4.69, 9.17) is 5.73 Å². The second-order valence-electron chi connectivity index (χ2n) is 28.2. The predicted molar refractivity (Wildman–Crippen MR) is 380 cm³/mol. The number of phenols is 1. The van der Waals surface area contributed by atoms with Crippen LogP contribution in [0.5, 0.6) is 5.75 Å². The number of carbonyl (C=O) groups excluding carboxylic acids is 13. The lowest BCUT2D eigenvalue weighted by Gasteiger charge is -2.33. The number of aromatic nitrogens is 1. The van der Waals surface area contributed by atoms with Crippen molar-refractivity contribution in [3.63, 3.8) is 0 Å². The highest BCUT2D eigenvalue weighted by atomic mass is 16.4. The Kier molecular flexibility index (Phi) is 34.9. The number of aromatic hydroxyl groups is 1. The Hall–Kier alpha value is -9.18. The molecule has 0 aliphatic carbocycles. The van der Waals surface area contributed by atoms with Crippen LogP contribution in [-0.4, -0.2) is 157 Å². The van der Waals surface area contributed by atoms with E-state index in [-0.39, 0.29) is 62.4 Å². The lowest BCUT2D eigenvalue weighted by atomic mass is 9.86. The molecule has 558 valence electrons. The highest BCUT2D eigenvalue weighted by Gasteiger charge is 2.40. The number of nitrogens with one attached hydrogen (secondary N) is 11. The van der Waals surface area contributed by atoms with Gasteiger partial charge in [-0.3, -0.25) is 67.1 Å². The third-order valence-electron chi connectivity index (χ3n) is 17.4. The Bertz CT molecular complexity index is 3420. The van der Waals surface area contributed by atoms with Gasteiger partial charge in [-0.05, 0) is 149 Å². The van der Waals surface area contributed by atoms with Crippen molar-refractivity contribution in [2.75, 3.05) is 0 Å². The molecule has 0 bridgehead atoms. The molecule has 28 heteroatoms. The standard InChI is InChI=1S/C73H110N12O16/c1-15-16-17-18-19-20-21-22-25-36-73(14,70(101)79-48(9)63(94)76-44(5)60(91)61(92)45(6)84-85-72(12,13)69(100)78-47(8)64(95)77-46(7)62(74)93)83-65(96)50(37-42(2)3)30-34-58(88)56(39-51-41-75-54-27-24-23-26-53(51)54)80-67(98)57(38-49-28-31-52(87)32-29-49)81-66(97)55(33-35-59(89)90)82-68(99)71(10,11)40-43(4)86/h20-21,23-24,26-29,31-32,41-42,44-48,50,55-57,75,84-85,87H,15-19,22,25,30,33-40H2,1-14H3,(H2,74,93)(H,76,94)(H,77,95)(H,78,100)(H,79,101)(H,80,98)(H,81,97)(H,82,99)(H,83,96)(H,89,90)/b21-20+/t44-,45-,46+,47-,48?,50-,55-,56-,57?,73-/m0/s1. The van der Waals surface area contributed by atoms with Crippen LogP contribution in [-0.2, 0) is 80.0 Å². The van der Waals surface area contributed by atoms with E-state index in [0.717, 1.165) is 43.0 Å². The first kappa shape index (κ1) is 86.0. The minimum absolute atomic E-state index is 0.0689. The second kappa shape index (κ2) is 40.9. The van der Waals surface area contributed by atoms with Crippen LogP contribution in [0.1, 0.15) is 198 Å². The molecule has 28 nitrogen and oxygen atoms in total. The number of primary amides is 1. The number of Topliss-reactive ketones (excluding diaryl/α,β-unsaturated/α-hetero) is 4. The summed E-state index contributed by atoms with van der Waals surface area (Å²) in [6.07, 6.45) is 10.4. The molecule has 10 atom stereocenters. The van der Waals surface area contributed by atoms with Crippen molar-refractivity contribution in [1.82, 2.24) is 58.4 Å². The number of amides is 9. The van der Waals surface area contributed by atoms with Crippen LogP contribution in [0.4, 0.5) is 0 Å². The van der Waals surface area contributed by atoms with Crippen LogP contribution in [0.15, 0.2) is 66.9 Å². The number of phenolic OH excluding ortho intramolecular Hbond substituents is 1. The van der Waals surface area contributed by atoms with Crippen LogP contribution < -0.4 is 59.1 Å². The van der Waals surface area contributed by atoms with Gasteiger partial charge in [0.05, 0.1) is 23.5 Å². The van der Waals surface area contributed by atoms with Gasteiger partial charge in [0.1, 0.15) is 52.8 Å². The summed E-state index contributed by atoms with van der Waals surface area (Å²) in [5, 5.41) is 41.6. The van der Waals surface area contributed by atoms with Gasteiger partial charge in [-0.2, -0.15) is 0 Å². The number of H-pyrrole nitrogens is 1. The van der Waals surface area contributed by atoms with Crippen LogP contribution in [0.2, 0.25) is 0 Å². The molecule has 15 N–H and O–H groups in total. The van der Waals surface area contributed by atoms with Crippen LogP contribution in [0.3, 0.4) is 0 Å². The Morgan fingerprint density at radius 3 is 1.74 bits per heavy atom. The summed E-state index contributed by atoms with van der Waals surface area (Å²) in [7, 11) is 0. The molecule has 0 fully saturated rings. The number of hydrogen-bond donors (Lipinski definition) is 14. The van der Waals surface area contributed by atoms with Crippen molar-refractivity contribution >= 4 is 93.2 Å². The van der Waals surface area contributed by atoms with E-state index in [1.54, 1.807) is 12.3 Å². The van der Waals surface area contributed by atoms with Crippen LogP contribution in [0.25, 0.3) is 10.9 Å². The van der Waals surface area contributed by atoms with E-state index in [9.17, 15) is 77.3 Å².